The zero-order valence-corrected chi connectivity index (χ0v) is 10.9. The number of hydrogen-bond donors (Lipinski definition) is 1. The fourth-order valence-corrected chi connectivity index (χ4v) is 5.28. The molecule has 1 aliphatic carbocycles. The number of halogens is 1. The van der Waals surface area contributed by atoms with Gasteiger partial charge in [-0.25, -0.2) is 12.8 Å². The largest absolute Gasteiger partial charge is 0.383 e. The number of anilines is 1. The van der Waals surface area contributed by atoms with Crippen LogP contribution < -0.4 is 5.32 Å². The van der Waals surface area contributed by atoms with Crippen molar-refractivity contribution in [3.05, 3.63) is 24.0 Å². The van der Waals surface area contributed by atoms with E-state index in [2.05, 4.69) is 5.32 Å². The molecule has 1 saturated carbocycles. The van der Waals surface area contributed by atoms with Gasteiger partial charge in [-0.1, -0.05) is 12.8 Å². The normalized spacial score (nSPS) is 24.3. The van der Waals surface area contributed by atoms with Crippen molar-refractivity contribution in [3.8, 4) is 0 Å². The second-order valence-electron chi connectivity index (χ2n) is 5.46. The van der Waals surface area contributed by atoms with Crippen molar-refractivity contribution in [2.75, 3.05) is 17.6 Å². The summed E-state index contributed by atoms with van der Waals surface area (Å²) in [6.45, 7) is 0.671. The lowest BCUT2D eigenvalue weighted by atomic mass is 9.88. The Bertz CT molecular complexity index is 577. The predicted octanol–water partition coefficient (Wildman–Crippen LogP) is 2.59. The van der Waals surface area contributed by atoms with Crippen LogP contribution in [0.15, 0.2) is 23.1 Å². The van der Waals surface area contributed by atoms with E-state index in [0.29, 0.717) is 12.2 Å². The summed E-state index contributed by atoms with van der Waals surface area (Å²) in [6, 6.07) is 3.95. The Hall–Kier alpha value is -1.10. The van der Waals surface area contributed by atoms with Crippen molar-refractivity contribution in [2.24, 2.45) is 5.41 Å². The van der Waals surface area contributed by atoms with Crippen molar-refractivity contribution in [3.63, 3.8) is 0 Å². The summed E-state index contributed by atoms with van der Waals surface area (Å²) in [6.07, 6.45) is 4.05. The molecule has 0 bridgehead atoms. The molecule has 3 nitrogen and oxygen atoms in total. The molecule has 0 saturated heterocycles. The van der Waals surface area contributed by atoms with Gasteiger partial charge in [0, 0.05) is 12.0 Å². The van der Waals surface area contributed by atoms with Gasteiger partial charge >= 0.3 is 0 Å². The second kappa shape index (κ2) is 3.95. The molecule has 0 aromatic heterocycles. The standard InChI is InChI=1S/C13H16FNO2S/c14-10-3-4-11-12(7-10)18(16,17)9-13(8-15-11)5-1-2-6-13/h3-4,7,15H,1-2,5-6,8-9H2. The van der Waals surface area contributed by atoms with E-state index in [1.807, 2.05) is 0 Å². The van der Waals surface area contributed by atoms with Gasteiger partial charge in [-0.05, 0) is 31.0 Å². The Labute approximate surface area is 106 Å². The first-order valence-electron chi connectivity index (χ1n) is 6.27. The quantitative estimate of drug-likeness (QED) is 0.787. The number of fused-ring (bicyclic) bond motifs is 1. The van der Waals surface area contributed by atoms with E-state index in [9.17, 15) is 12.8 Å². The van der Waals surface area contributed by atoms with Crippen molar-refractivity contribution < 1.29 is 12.8 Å². The lowest BCUT2D eigenvalue weighted by Crippen LogP contribution is -2.31. The number of rotatable bonds is 0. The Kier molecular flexibility index (Phi) is 2.62. The zero-order valence-electron chi connectivity index (χ0n) is 10.1. The van der Waals surface area contributed by atoms with Crippen LogP contribution in [0.4, 0.5) is 10.1 Å². The number of sulfone groups is 1. The Balaban J connectivity index is 2.08. The Morgan fingerprint density at radius 2 is 1.94 bits per heavy atom. The molecule has 1 aromatic carbocycles. The molecule has 18 heavy (non-hydrogen) atoms. The average Bonchev–Trinajstić information content (AvgIpc) is 2.71. The molecule has 0 radical (unpaired) electrons. The van der Waals surface area contributed by atoms with E-state index in [4.69, 9.17) is 0 Å². The third kappa shape index (κ3) is 1.90. The van der Waals surface area contributed by atoms with E-state index in [0.717, 1.165) is 31.7 Å². The summed E-state index contributed by atoms with van der Waals surface area (Å²) in [5.41, 5.74) is 0.383. The van der Waals surface area contributed by atoms with Crippen LogP contribution in [0, 0.1) is 11.2 Å². The summed E-state index contributed by atoms with van der Waals surface area (Å²) in [5, 5.41) is 3.19. The molecule has 1 fully saturated rings. The Morgan fingerprint density at radius 1 is 1.22 bits per heavy atom. The fourth-order valence-electron chi connectivity index (χ4n) is 3.16. The van der Waals surface area contributed by atoms with E-state index in [1.165, 1.54) is 12.1 Å². The van der Waals surface area contributed by atoms with Gasteiger partial charge in [-0.15, -0.1) is 0 Å². The van der Waals surface area contributed by atoms with Crippen molar-refractivity contribution in [1.82, 2.24) is 0 Å². The maximum absolute atomic E-state index is 13.2. The molecule has 2 aliphatic rings. The summed E-state index contributed by atoms with van der Waals surface area (Å²) in [4.78, 5) is 0.117. The minimum Gasteiger partial charge on any atom is -0.383 e. The maximum atomic E-state index is 13.2. The SMILES string of the molecule is O=S1(=O)CC2(CCCC2)CNc2ccc(F)cc21. The van der Waals surface area contributed by atoms with Gasteiger partial charge in [0.1, 0.15) is 5.82 Å². The lowest BCUT2D eigenvalue weighted by Gasteiger charge is -2.26. The molecule has 98 valence electrons. The van der Waals surface area contributed by atoms with Crippen LogP contribution in [0.25, 0.3) is 0 Å². The monoisotopic (exact) mass is 269 g/mol. The summed E-state index contributed by atoms with van der Waals surface area (Å²) in [5.74, 6) is -0.356. The average molecular weight is 269 g/mol. The number of hydrogen-bond acceptors (Lipinski definition) is 3. The highest BCUT2D eigenvalue weighted by molar-refractivity contribution is 7.91. The van der Waals surface area contributed by atoms with E-state index < -0.39 is 15.7 Å². The zero-order chi connectivity index (χ0) is 12.8. The van der Waals surface area contributed by atoms with Gasteiger partial charge < -0.3 is 5.32 Å². The molecule has 1 aromatic rings. The highest BCUT2D eigenvalue weighted by atomic mass is 32.2. The first kappa shape index (κ1) is 12.0. The number of benzene rings is 1. The van der Waals surface area contributed by atoms with Gasteiger partial charge in [0.15, 0.2) is 9.84 Å². The molecule has 0 atom stereocenters. The molecule has 0 unspecified atom stereocenters. The van der Waals surface area contributed by atoms with E-state index >= 15 is 0 Å². The van der Waals surface area contributed by atoms with Gasteiger partial charge in [-0.3, -0.25) is 0 Å². The molecular formula is C13H16FNO2S. The summed E-state index contributed by atoms with van der Waals surface area (Å²) >= 11 is 0. The van der Waals surface area contributed by atoms with Crippen LogP contribution in [-0.2, 0) is 9.84 Å². The highest BCUT2D eigenvalue weighted by Crippen LogP contribution is 2.43. The lowest BCUT2D eigenvalue weighted by molar-refractivity contribution is 0.365. The predicted molar refractivity (Wildman–Crippen MR) is 67.8 cm³/mol. The molecule has 1 N–H and O–H groups in total. The summed E-state index contributed by atoms with van der Waals surface area (Å²) < 4.78 is 38.0. The molecular weight excluding hydrogens is 253 g/mol. The first-order chi connectivity index (χ1) is 8.51. The van der Waals surface area contributed by atoms with Crippen molar-refractivity contribution in [1.29, 1.82) is 0 Å². The molecule has 1 spiro atoms. The minimum absolute atomic E-state index is 0.117. The van der Waals surface area contributed by atoms with Gasteiger partial charge in [0.2, 0.25) is 0 Å². The van der Waals surface area contributed by atoms with E-state index in [-0.39, 0.29) is 16.1 Å². The minimum atomic E-state index is -3.40. The Morgan fingerprint density at radius 3 is 2.67 bits per heavy atom. The number of nitrogens with one attached hydrogen (secondary N) is 1. The highest BCUT2D eigenvalue weighted by Gasteiger charge is 2.41. The maximum Gasteiger partial charge on any atom is 0.181 e. The van der Waals surface area contributed by atoms with Crippen LogP contribution >= 0.6 is 0 Å². The van der Waals surface area contributed by atoms with Crippen molar-refractivity contribution in [2.45, 2.75) is 30.6 Å². The third-order valence-electron chi connectivity index (χ3n) is 4.09. The van der Waals surface area contributed by atoms with Crippen molar-refractivity contribution >= 4 is 15.5 Å². The van der Waals surface area contributed by atoms with Crippen LogP contribution in [-0.4, -0.2) is 20.7 Å². The fraction of sp³-hybridized carbons (Fsp3) is 0.538. The second-order valence-corrected chi connectivity index (χ2v) is 7.42. The van der Waals surface area contributed by atoms with Crippen LogP contribution in [0.1, 0.15) is 25.7 Å². The van der Waals surface area contributed by atoms with Gasteiger partial charge in [0.25, 0.3) is 0 Å². The third-order valence-corrected chi connectivity index (χ3v) is 6.09. The summed E-state index contributed by atoms with van der Waals surface area (Å²) in [7, 11) is -3.40. The molecule has 0 amide bonds. The molecule has 3 rings (SSSR count). The topological polar surface area (TPSA) is 46.2 Å². The van der Waals surface area contributed by atoms with Crippen LogP contribution in [0.2, 0.25) is 0 Å². The molecule has 1 heterocycles. The smallest absolute Gasteiger partial charge is 0.181 e. The van der Waals surface area contributed by atoms with E-state index in [1.54, 1.807) is 0 Å². The van der Waals surface area contributed by atoms with Gasteiger partial charge in [0.05, 0.1) is 16.3 Å². The van der Waals surface area contributed by atoms with Crippen LogP contribution in [0.5, 0.6) is 0 Å². The first-order valence-corrected chi connectivity index (χ1v) is 7.92. The van der Waals surface area contributed by atoms with Gasteiger partial charge in [-0.2, -0.15) is 0 Å². The molecule has 1 aliphatic heterocycles. The molecule has 5 heteroatoms. The van der Waals surface area contributed by atoms with Crippen LogP contribution in [0.3, 0.4) is 0 Å².